The zero-order valence-electron chi connectivity index (χ0n) is 12.8. The summed E-state index contributed by atoms with van der Waals surface area (Å²) in [5.41, 5.74) is 0.844. The number of amides is 2. The molecule has 21 heavy (non-hydrogen) atoms. The molecule has 1 fully saturated rings. The van der Waals surface area contributed by atoms with Crippen LogP contribution in [0.5, 0.6) is 0 Å². The molecule has 4 nitrogen and oxygen atoms in total. The number of para-hydroxylation sites is 1. The van der Waals surface area contributed by atoms with Crippen LogP contribution in [0.15, 0.2) is 30.3 Å². The standard InChI is InChI=1S/C17H24N2O2/c1-3-14-12-19(13(2)20)10-9-15(14)11-17(21)18-16-7-5-4-6-8-16/h4-8,14-15H,3,9-12H2,1-2H3,(H,18,21). The number of benzene rings is 1. The molecule has 2 rings (SSSR count). The van der Waals surface area contributed by atoms with Crippen molar-refractivity contribution in [3.63, 3.8) is 0 Å². The van der Waals surface area contributed by atoms with Crippen LogP contribution in [-0.2, 0) is 9.59 Å². The summed E-state index contributed by atoms with van der Waals surface area (Å²) in [5, 5.41) is 2.95. The van der Waals surface area contributed by atoms with E-state index in [0.29, 0.717) is 18.3 Å². The molecule has 2 amide bonds. The van der Waals surface area contributed by atoms with Gasteiger partial charge in [0.1, 0.15) is 0 Å². The minimum atomic E-state index is 0.0703. The summed E-state index contributed by atoms with van der Waals surface area (Å²) < 4.78 is 0. The lowest BCUT2D eigenvalue weighted by Crippen LogP contribution is -2.43. The van der Waals surface area contributed by atoms with Crippen molar-refractivity contribution in [2.75, 3.05) is 18.4 Å². The molecule has 1 aliphatic rings. The van der Waals surface area contributed by atoms with E-state index >= 15 is 0 Å². The van der Waals surface area contributed by atoms with Gasteiger partial charge in [0.25, 0.3) is 0 Å². The number of piperidine rings is 1. The second kappa shape index (κ2) is 7.25. The van der Waals surface area contributed by atoms with Crippen LogP contribution in [0.2, 0.25) is 0 Å². The third-order valence-corrected chi connectivity index (χ3v) is 4.37. The number of nitrogens with zero attached hydrogens (tertiary/aromatic N) is 1. The van der Waals surface area contributed by atoms with Gasteiger partial charge in [-0.2, -0.15) is 0 Å². The van der Waals surface area contributed by atoms with E-state index < -0.39 is 0 Å². The Bertz CT molecular complexity index is 487. The van der Waals surface area contributed by atoms with E-state index in [-0.39, 0.29) is 11.8 Å². The van der Waals surface area contributed by atoms with Gasteiger partial charge in [-0.05, 0) is 30.4 Å². The van der Waals surface area contributed by atoms with Gasteiger partial charge in [-0.1, -0.05) is 31.5 Å². The highest BCUT2D eigenvalue weighted by Crippen LogP contribution is 2.29. The van der Waals surface area contributed by atoms with Gasteiger partial charge in [-0.15, -0.1) is 0 Å². The molecule has 114 valence electrons. The van der Waals surface area contributed by atoms with Crippen molar-refractivity contribution in [1.82, 2.24) is 4.90 Å². The molecule has 0 spiro atoms. The molecule has 2 atom stereocenters. The van der Waals surface area contributed by atoms with Crippen molar-refractivity contribution >= 4 is 17.5 Å². The molecular weight excluding hydrogens is 264 g/mol. The highest BCUT2D eigenvalue weighted by Gasteiger charge is 2.30. The Balaban J connectivity index is 1.89. The van der Waals surface area contributed by atoms with Crippen LogP contribution in [0.1, 0.15) is 33.1 Å². The maximum absolute atomic E-state index is 12.2. The molecule has 1 aliphatic heterocycles. The van der Waals surface area contributed by atoms with Crippen LogP contribution in [0, 0.1) is 11.8 Å². The second-order valence-electron chi connectivity index (χ2n) is 5.80. The summed E-state index contributed by atoms with van der Waals surface area (Å²) in [5.74, 6) is 1.00. The maximum atomic E-state index is 12.2. The number of nitrogens with one attached hydrogen (secondary N) is 1. The number of rotatable bonds is 4. The van der Waals surface area contributed by atoms with Gasteiger partial charge in [0.05, 0.1) is 0 Å². The highest BCUT2D eigenvalue weighted by atomic mass is 16.2. The van der Waals surface area contributed by atoms with Crippen LogP contribution in [0.3, 0.4) is 0 Å². The largest absolute Gasteiger partial charge is 0.343 e. The average Bonchev–Trinajstić information content (AvgIpc) is 2.48. The number of hydrogen-bond acceptors (Lipinski definition) is 2. The molecule has 0 saturated carbocycles. The smallest absolute Gasteiger partial charge is 0.224 e. The van der Waals surface area contributed by atoms with Crippen LogP contribution in [-0.4, -0.2) is 29.8 Å². The molecule has 1 heterocycles. The molecule has 0 aromatic heterocycles. The van der Waals surface area contributed by atoms with Crippen molar-refractivity contribution in [1.29, 1.82) is 0 Å². The Morgan fingerprint density at radius 1 is 1.24 bits per heavy atom. The summed E-state index contributed by atoms with van der Waals surface area (Å²) in [6.07, 6.45) is 2.46. The van der Waals surface area contributed by atoms with E-state index in [4.69, 9.17) is 0 Å². The fourth-order valence-electron chi connectivity index (χ4n) is 3.07. The van der Waals surface area contributed by atoms with Gasteiger partial charge in [0.2, 0.25) is 11.8 Å². The van der Waals surface area contributed by atoms with Gasteiger partial charge in [0.15, 0.2) is 0 Å². The quantitative estimate of drug-likeness (QED) is 0.926. The first-order valence-electron chi connectivity index (χ1n) is 7.70. The zero-order valence-corrected chi connectivity index (χ0v) is 12.8. The van der Waals surface area contributed by atoms with Crippen LogP contribution >= 0.6 is 0 Å². The summed E-state index contributed by atoms with van der Waals surface area (Å²) >= 11 is 0. The van der Waals surface area contributed by atoms with E-state index in [9.17, 15) is 9.59 Å². The number of carbonyl (C=O) groups excluding carboxylic acids is 2. The third kappa shape index (κ3) is 4.31. The molecule has 4 heteroatoms. The van der Waals surface area contributed by atoms with E-state index in [1.807, 2.05) is 35.2 Å². The minimum Gasteiger partial charge on any atom is -0.343 e. The summed E-state index contributed by atoms with van der Waals surface area (Å²) in [7, 11) is 0. The molecular formula is C17H24N2O2. The van der Waals surface area contributed by atoms with Gasteiger partial charge >= 0.3 is 0 Å². The van der Waals surface area contributed by atoms with Crippen LogP contribution in [0.4, 0.5) is 5.69 Å². The predicted molar refractivity (Wildman–Crippen MR) is 83.8 cm³/mol. The molecule has 0 bridgehead atoms. The van der Waals surface area contributed by atoms with Crippen molar-refractivity contribution < 1.29 is 9.59 Å². The molecule has 0 radical (unpaired) electrons. The van der Waals surface area contributed by atoms with Crippen molar-refractivity contribution in [3.05, 3.63) is 30.3 Å². The Morgan fingerprint density at radius 3 is 2.57 bits per heavy atom. The highest BCUT2D eigenvalue weighted by molar-refractivity contribution is 5.90. The second-order valence-corrected chi connectivity index (χ2v) is 5.80. The number of anilines is 1. The van der Waals surface area contributed by atoms with E-state index in [1.165, 1.54) is 0 Å². The first-order chi connectivity index (χ1) is 10.1. The van der Waals surface area contributed by atoms with Gasteiger partial charge in [-0.25, -0.2) is 0 Å². The fourth-order valence-corrected chi connectivity index (χ4v) is 3.07. The summed E-state index contributed by atoms with van der Waals surface area (Å²) in [6, 6.07) is 9.55. The van der Waals surface area contributed by atoms with E-state index in [0.717, 1.165) is 31.6 Å². The third-order valence-electron chi connectivity index (χ3n) is 4.37. The number of likely N-dealkylation sites (tertiary alicyclic amines) is 1. The minimum absolute atomic E-state index is 0.0703. The van der Waals surface area contributed by atoms with Crippen LogP contribution in [0.25, 0.3) is 0 Å². The lowest BCUT2D eigenvalue weighted by molar-refractivity contribution is -0.131. The zero-order chi connectivity index (χ0) is 15.2. The topological polar surface area (TPSA) is 49.4 Å². The SMILES string of the molecule is CCC1CN(C(C)=O)CCC1CC(=O)Nc1ccccc1. The van der Waals surface area contributed by atoms with Gasteiger partial charge in [-0.3, -0.25) is 9.59 Å². The Hall–Kier alpha value is -1.84. The average molecular weight is 288 g/mol. The van der Waals surface area contributed by atoms with Crippen molar-refractivity contribution in [2.24, 2.45) is 11.8 Å². The molecule has 1 aromatic rings. The van der Waals surface area contributed by atoms with Gasteiger partial charge in [0, 0.05) is 32.1 Å². The molecule has 1 aromatic carbocycles. The Labute approximate surface area is 126 Å². The van der Waals surface area contributed by atoms with Crippen molar-refractivity contribution in [2.45, 2.75) is 33.1 Å². The Morgan fingerprint density at radius 2 is 1.95 bits per heavy atom. The Kier molecular flexibility index (Phi) is 5.37. The number of carbonyl (C=O) groups is 2. The first-order valence-corrected chi connectivity index (χ1v) is 7.70. The van der Waals surface area contributed by atoms with Crippen LogP contribution < -0.4 is 5.32 Å². The van der Waals surface area contributed by atoms with E-state index in [2.05, 4.69) is 12.2 Å². The molecule has 1 saturated heterocycles. The monoisotopic (exact) mass is 288 g/mol. The van der Waals surface area contributed by atoms with Gasteiger partial charge < -0.3 is 10.2 Å². The van der Waals surface area contributed by atoms with Crippen molar-refractivity contribution in [3.8, 4) is 0 Å². The lowest BCUT2D eigenvalue weighted by atomic mass is 9.81. The van der Waals surface area contributed by atoms with E-state index in [1.54, 1.807) is 6.92 Å². The predicted octanol–water partition coefficient (Wildman–Crippen LogP) is 2.91. The first kappa shape index (κ1) is 15.5. The normalized spacial score (nSPS) is 21.9. The number of hydrogen-bond donors (Lipinski definition) is 1. The summed E-state index contributed by atoms with van der Waals surface area (Å²) in [4.78, 5) is 25.5. The lowest BCUT2D eigenvalue weighted by Gasteiger charge is -2.37. The maximum Gasteiger partial charge on any atom is 0.224 e. The molecule has 1 N–H and O–H groups in total. The fraction of sp³-hybridized carbons (Fsp3) is 0.529. The summed E-state index contributed by atoms with van der Waals surface area (Å²) in [6.45, 7) is 5.32. The molecule has 0 aliphatic carbocycles. The molecule has 2 unspecified atom stereocenters.